The number of nitrogens with zero attached hydrogens (tertiary/aromatic N) is 1. The summed E-state index contributed by atoms with van der Waals surface area (Å²) in [5.74, 6) is 1.09. The van der Waals surface area contributed by atoms with E-state index >= 15 is 0 Å². The summed E-state index contributed by atoms with van der Waals surface area (Å²) in [6.07, 6.45) is -2.37. The summed E-state index contributed by atoms with van der Waals surface area (Å²) >= 11 is 0. The standard InChI is InChI=1S/C17H18F3N3/c18-17(19,20)15-5-3-4-14(12-15)13-22-8-10-23(11-9-22)16-6-1-2-7-21-16/h1-7,12H,8-11,13H2/p+2. The molecule has 2 aromatic rings. The number of hydrogen-bond acceptors (Lipinski definition) is 1. The molecule has 3 nitrogen and oxygen atoms in total. The molecule has 1 saturated heterocycles. The van der Waals surface area contributed by atoms with Crippen LogP contribution in [-0.2, 0) is 12.7 Å². The van der Waals surface area contributed by atoms with Crippen molar-refractivity contribution in [1.29, 1.82) is 0 Å². The maximum Gasteiger partial charge on any atom is 0.416 e. The van der Waals surface area contributed by atoms with Crippen LogP contribution in [0.15, 0.2) is 48.7 Å². The Morgan fingerprint density at radius 1 is 1.04 bits per heavy atom. The van der Waals surface area contributed by atoms with Crippen molar-refractivity contribution in [3.05, 3.63) is 59.8 Å². The van der Waals surface area contributed by atoms with E-state index in [2.05, 4.69) is 9.88 Å². The molecule has 0 radical (unpaired) electrons. The molecule has 6 heteroatoms. The fourth-order valence-electron chi connectivity index (χ4n) is 2.97. The number of aromatic nitrogens is 1. The van der Waals surface area contributed by atoms with Crippen LogP contribution < -0.4 is 14.8 Å². The van der Waals surface area contributed by atoms with E-state index in [-0.39, 0.29) is 0 Å². The molecule has 2 heterocycles. The number of alkyl halides is 3. The van der Waals surface area contributed by atoms with E-state index in [1.807, 2.05) is 24.4 Å². The lowest BCUT2D eigenvalue weighted by Crippen LogP contribution is -3.13. The van der Waals surface area contributed by atoms with Gasteiger partial charge in [-0.05, 0) is 18.2 Å². The zero-order valence-electron chi connectivity index (χ0n) is 12.7. The maximum atomic E-state index is 12.8. The molecule has 0 spiro atoms. The van der Waals surface area contributed by atoms with E-state index in [1.165, 1.54) is 17.0 Å². The van der Waals surface area contributed by atoms with Gasteiger partial charge in [0.05, 0.1) is 11.8 Å². The first-order valence-electron chi connectivity index (χ1n) is 7.74. The first-order valence-corrected chi connectivity index (χ1v) is 7.74. The predicted molar refractivity (Wildman–Crippen MR) is 81.1 cm³/mol. The Morgan fingerprint density at radius 2 is 1.83 bits per heavy atom. The Balaban J connectivity index is 1.59. The molecule has 3 rings (SSSR count). The zero-order chi connectivity index (χ0) is 16.3. The Labute approximate surface area is 133 Å². The van der Waals surface area contributed by atoms with Crippen molar-refractivity contribution in [3.8, 4) is 0 Å². The SMILES string of the molecule is FC(F)(F)c1cccc(C[NH+]2CCN(c3cccc[nH+]3)CC2)c1. The number of pyridine rings is 1. The molecule has 1 fully saturated rings. The van der Waals surface area contributed by atoms with Gasteiger partial charge in [-0.2, -0.15) is 13.2 Å². The summed E-state index contributed by atoms with van der Waals surface area (Å²) in [6.45, 7) is 4.26. The Bertz CT molecular complexity index is 635. The average Bonchev–Trinajstić information content (AvgIpc) is 2.56. The number of aromatic amines is 1. The highest BCUT2D eigenvalue weighted by molar-refractivity contribution is 5.32. The number of hydrogen-bond donors (Lipinski definition) is 1. The lowest BCUT2D eigenvalue weighted by Gasteiger charge is -2.28. The largest absolute Gasteiger partial charge is 0.416 e. The van der Waals surface area contributed by atoms with Gasteiger partial charge in [0.25, 0.3) is 5.82 Å². The van der Waals surface area contributed by atoms with Gasteiger partial charge in [-0.25, -0.2) is 4.98 Å². The van der Waals surface area contributed by atoms with Crippen LogP contribution >= 0.6 is 0 Å². The highest BCUT2D eigenvalue weighted by Crippen LogP contribution is 2.29. The van der Waals surface area contributed by atoms with Gasteiger partial charge in [0.15, 0.2) is 0 Å². The molecular weight excluding hydrogens is 303 g/mol. The summed E-state index contributed by atoms with van der Waals surface area (Å²) in [4.78, 5) is 6.81. The van der Waals surface area contributed by atoms with Crippen LogP contribution in [-0.4, -0.2) is 26.2 Å². The topological polar surface area (TPSA) is 21.8 Å². The highest BCUT2D eigenvalue weighted by atomic mass is 19.4. The van der Waals surface area contributed by atoms with Gasteiger partial charge in [-0.1, -0.05) is 18.2 Å². The number of nitrogens with one attached hydrogen (secondary N) is 2. The summed E-state index contributed by atoms with van der Waals surface area (Å²) in [5, 5.41) is 0. The molecule has 0 aliphatic carbocycles. The molecule has 1 aromatic heterocycles. The van der Waals surface area contributed by atoms with Gasteiger partial charge in [0.1, 0.15) is 32.7 Å². The van der Waals surface area contributed by atoms with Gasteiger partial charge in [0.2, 0.25) is 0 Å². The number of H-pyrrole nitrogens is 1. The third-order valence-electron chi connectivity index (χ3n) is 4.21. The van der Waals surface area contributed by atoms with Crippen LogP contribution in [0.1, 0.15) is 11.1 Å². The minimum Gasteiger partial charge on any atom is -0.325 e. The van der Waals surface area contributed by atoms with Gasteiger partial charge in [-0.3, -0.25) is 4.90 Å². The average molecular weight is 323 g/mol. The summed E-state index contributed by atoms with van der Waals surface area (Å²) in [5.41, 5.74) is 0.182. The van der Waals surface area contributed by atoms with Crippen molar-refractivity contribution in [1.82, 2.24) is 0 Å². The molecule has 1 aromatic carbocycles. The molecule has 1 aliphatic rings. The van der Waals surface area contributed by atoms with Gasteiger partial charge in [-0.15, -0.1) is 0 Å². The number of halogens is 3. The second-order valence-corrected chi connectivity index (χ2v) is 5.86. The minimum atomic E-state index is -4.27. The van der Waals surface area contributed by atoms with Crippen LogP contribution in [0.3, 0.4) is 0 Å². The maximum absolute atomic E-state index is 12.8. The van der Waals surface area contributed by atoms with Gasteiger partial charge >= 0.3 is 6.18 Å². The Hall–Kier alpha value is -2.08. The van der Waals surface area contributed by atoms with Crippen LogP contribution in [0.25, 0.3) is 0 Å². The first kappa shape index (κ1) is 15.8. The number of anilines is 1. The molecule has 23 heavy (non-hydrogen) atoms. The van der Waals surface area contributed by atoms with Crippen LogP contribution in [0.4, 0.5) is 19.0 Å². The number of quaternary nitrogens is 1. The van der Waals surface area contributed by atoms with E-state index in [1.54, 1.807) is 6.07 Å². The van der Waals surface area contributed by atoms with Crippen molar-refractivity contribution in [2.75, 3.05) is 31.1 Å². The third-order valence-corrected chi connectivity index (χ3v) is 4.21. The quantitative estimate of drug-likeness (QED) is 0.907. The number of piperazine rings is 1. The Kier molecular flexibility index (Phi) is 4.52. The molecule has 1 aliphatic heterocycles. The van der Waals surface area contributed by atoms with Gasteiger partial charge < -0.3 is 4.90 Å². The van der Waals surface area contributed by atoms with Crippen molar-refractivity contribution >= 4 is 5.82 Å². The fraction of sp³-hybridized carbons (Fsp3) is 0.353. The second kappa shape index (κ2) is 6.58. The Morgan fingerprint density at radius 3 is 2.48 bits per heavy atom. The summed E-state index contributed by atoms with van der Waals surface area (Å²) < 4.78 is 38.3. The van der Waals surface area contributed by atoms with Gasteiger partial charge in [0, 0.05) is 11.6 Å². The molecule has 0 saturated carbocycles. The van der Waals surface area contributed by atoms with E-state index in [4.69, 9.17) is 0 Å². The monoisotopic (exact) mass is 323 g/mol. The second-order valence-electron chi connectivity index (χ2n) is 5.86. The first-order chi connectivity index (χ1) is 11.0. The third kappa shape index (κ3) is 4.01. The fourth-order valence-corrected chi connectivity index (χ4v) is 2.97. The van der Waals surface area contributed by atoms with Crippen molar-refractivity contribution in [2.45, 2.75) is 12.7 Å². The van der Waals surface area contributed by atoms with Crippen LogP contribution in [0.2, 0.25) is 0 Å². The summed E-state index contributed by atoms with van der Waals surface area (Å²) in [6, 6.07) is 11.6. The highest BCUT2D eigenvalue weighted by Gasteiger charge is 2.31. The van der Waals surface area contributed by atoms with Crippen molar-refractivity contribution in [2.24, 2.45) is 0 Å². The molecule has 0 bridgehead atoms. The normalized spacial score (nSPS) is 16.6. The number of benzene rings is 1. The van der Waals surface area contributed by atoms with Crippen LogP contribution in [0.5, 0.6) is 0 Å². The molecule has 0 atom stereocenters. The lowest BCUT2D eigenvalue weighted by atomic mass is 10.1. The van der Waals surface area contributed by atoms with E-state index in [0.29, 0.717) is 6.54 Å². The van der Waals surface area contributed by atoms with Crippen molar-refractivity contribution < 1.29 is 23.1 Å². The predicted octanol–water partition coefficient (Wildman–Crippen LogP) is 1.42. The summed E-state index contributed by atoms with van der Waals surface area (Å²) in [7, 11) is 0. The lowest BCUT2D eigenvalue weighted by molar-refractivity contribution is -0.914. The smallest absolute Gasteiger partial charge is 0.325 e. The molecule has 0 amide bonds. The zero-order valence-corrected chi connectivity index (χ0v) is 12.7. The van der Waals surface area contributed by atoms with E-state index in [0.717, 1.165) is 43.6 Å². The molecule has 0 unspecified atom stereocenters. The van der Waals surface area contributed by atoms with E-state index in [9.17, 15) is 13.2 Å². The molecule has 122 valence electrons. The van der Waals surface area contributed by atoms with E-state index < -0.39 is 11.7 Å². The molecule has 2 N–H and O–H groups in total. The molecular formula is C17H20F3N3+2. The number of rotatable bonds is 3. The van der Waals surface area contributed by atoms with Crippen LogP contribution in [0, 0.1) is 0 Å². The minimum absolute atomic E-state index is 0.563. The van der Waals surface area contributed by atoms with Crippen molar-refractivity contribution in [3.63, 3.8) is 0 Å².